The lowest BCUT2D eigenvalue weighted by Crippen LogP contribution is -2.57. The van der Waals surface area contributed by atoms with Crippen molar-refractivity contribution in [2.75, 3.05) is 7.11 Å². The molecule has 4 aliphatic carbocycles. The van der Waals surface area contributed by atoms with Crippen molar-refractivity contribution in [3.63, 3.8) is 0 Å². The van der Waals surface area contributed by atoms with Gasteiger partial charge in [-0.15, -0.1) is 0 Å². The van der Waals surface area contributed by atoms with Gasteiger partial charge >= 0.3 is 17.9 Å². The first-order valence-corrected chi connectivity index (χ1v) is 13.6. The minimum Gasteiger partial charge on any atom is -0.469 e. The predicted molar refractivity (Wildman–Crippen MR) is 132 cm³/mol. The van der Waals surface area contributed by atoms with Crippen molar-refractivity contribution in [2.24, 2.45) is 46.3 Å². The molecule has 0 saturated heterocycles. The normalized spacial score (nSPS) is 40.2. The Bertz CT molecular complexity index is 953. The molecule has 0 N–H and O–H groups in total. The van der Waals surface area contributed by atoms with E-state index in [4.69, 9.17) is 14.2 Å². The molecule has 36 heavy (non-hydrogen) atoms. The average molecular weight is 503 g/mol. The summed E-state index contributed by atoms with van der Waals surface area (Å²) in [6.45, 7) is 9.43. The molecule has 0 aromatic carbocycles. The van der Waals surface area contributed by atoms with Crippen LogP contribution in [0.5, 0.6) is 0 Å². The third-order valence-corrected chi connectivity index (χ3v) is 10.4. The van der Waals surface area contributed by atoms with Crippen LogP contribution >= 0.6 is 0 Å². The van der Waals surface area contributed by atoms with Crippen molar-refractivity contribution in [3.8, 4) is 0 Å². The van der Waals surface area contributed by atoms with E-state index in [1.807, 2.05) is 0 Å². The molecule has 0 aromatic rings. The third kappa shape index (κ3) is 4.51. The quantitative estimate of drug-likeness (QED) is 0.372. The number of hydrogen-bond acceptors (Lipinski definition) is 7. The highest BCUT2D eigenvalue weighted by atomic mass is 16.5. The zero-order valence-corrected chi connectivity index (χ0v) is 22.6. The number of methoxy groups -OCH3 is 1. The molecule has 0 unspecified atom stereocenters. The average Bonchev–Trinajstić information content (AvgIpc) is 3.16. The number of allylic oxidation sites excluding steroid dienone is 2. The molecular formula is C29H42O7. The zero-order chi connectivity index (χ0) is 26.4. The number of esters is 3. The van der Waals surface area contributed by atoms with E-state index in [0.29, 0.717) is 37.2 Å². The fourth-order valence-corrected chi connectivity index (χ4v) is 8.56. The molecule has 9 atom stereocenters. The van der Waals surface area contributed by atoms with Gasteiger partial charge in [-0.05, 0) is 79.6 Å². The molecule has 7 heteroatoms. The van der Waals surface area contributed by atoms with Gasteiger partial charge in [0, 0.05) is 38.0 Å². The second-order valence-electron chi connectivity index (χ2n) is 12.2. The van der Waals surface area contributed by atoms with Crippen LogP contribution in [0, 0.1) is 46.3 Å². The summed E-state index contributed by atoms with van der Waals surface area (Å²) in [7, 11) is 1.41. The first-order chi connectivity index (χ1) is 16.9. The summed E-state index contributed by atoms with van der Waals surface area (Å²) in [4.78, 5) is 49.6. The van der Waals surface area contributed by atoms with Gasteiger partial charge in [-0.3, -0.25) is 19.2 Å². The van der Waals surface area contributed by atoms with Crippen LogP contribution < -0.4 is 0 Å². The number of ether oxygens (including phenoxy) is 3. The van der Waals surface area contributed by atoms with Gasteiger partial charge in [0.25, 0.3) is 0 Å². The Balaban J connectivity index is 1.67. The van der Waals surface area contributed by atoms with E-state index >= 15 is 0 Å². The van der Waals surface area contributed by atoms with Crippen molar-refractivity contribution in [3.05, 3.63) is 11.8 Å². The highest BCUT2D eigenvalue weighted by Gasteiger charge is 2.65. The van der Waals surface area contributed by atoms with Crippen LogP contribution in [0.15, 0.2) is 11.8 Å². The lowest BCUT2D eigenvalue weighted by atomic mass is 9.45. The second kappa shape index (κ2) is 9.94. The smallest absolute Gasteiger partial charge is 0.307 e. The lowest BCUT2D eigenvalue weighted by Gasteiger charge is -2.59. The van der Waals surface area contributed by atoms with Gasteiger partial charge in [0.2, 0.25) is 0 Å². The summed E-state index contributed by atoms with van der Waals surface area (Å²) in [6.07, 6.45) is 7.70. The van der Waals surface area contributed by atoms with E-state index in [9.17, 15) is 19.2 Å². The number of fused-ring (bicyclic) bond motifs is 5. The van der Waals surface area contributed by atoms with Crippen LogP contribution in [-0.2, 0) is 33.4 Å². The maximum Gasteiger partial charge on any atom is 0.307 e. The standard InChI is InChI=1S/C29H42O7/c1-16(7-10-26(33)34-6)21-8-9-22-27-23(15-25(32)29(21,22)5)28(4)12-11-20(35-17(2)30)13-19(28)14-24(27)36-18(3)31/h14,16,19-23,27H,7-13,15H2,1-6H3/t16-,19+,20-,21+,22-,23-,27+,28+,29-/m1/s1. The molecule has 4 aliphatic rings. The van der Waals surface area contributed by atoms with E-state index in [0.717, 1.165) is 25.7 Å². The van der Waals surface area contributed by atoms with Crippen LogP contribution in [0.3, 0.4) is 0 Å². The monoisotopic (exact) mass is 502 g/mol. The second-order valence-corrected chi connectivity index (χ2v) is 12.2. The fraction of sp³-hybridized carbons (Fsp3) is 0.793. The van der Waals surface area contributed by atoms with Crippen molar-refractivity contribution < 1.29 is 33.4 Å². The van der Waals surface area contributed by atoms with Gasteiger partial charge in [-0.25, -0.2) is 0 Å². The molecule has 7 nitrogen and oxygen atoms in total. The minimum atomic E-state index is -0.506. The first-order valence-electron chi connectivity index (χ1n) is 13.6. The maximum absolute atomic E-state index is 14.0. The summed E-state index contributed by atoms with van der Waals surface area (Å²) in [5.74, 6) is 0.888. The molecule has 0 amide bonds. The highest BCUT2D eigenvalue weighted by molar-refractivity contribution is 5.87. The van der Waals surface area contributed by atoms with Crippen LogP contribution in [0.4, 0.5) is 0 Å². The minimum absolute atomic E-state index is 0.0148. The predicted octanol–water partition coefficient (Wildman–Crippen LogP) is 5.01. The van der Waals surface area contributed by atoms with Crippen LogP contribution in [0.1, 0.15) is 86.0 Å². The highest BCUT2D eigenvalue weighted by Crippen LogP contribution is 2.67. The lowest BCUT2D eigenvalue weighted by molar-refractivity contribution is -0.160. The Labute approximate surface area is 214 Å². The molecule has 3 fully saturated rings. The topological polar surface area (TPSA) is 96.0 Å². The van der Waals surface area contributed by atoms with Gasteiger partial charge in [0.1, 0.15) is 17.6 Å². The largest absolute Gasteiger partial charge is 0.469 e. The van der Waals surface area contributed by atoms with Gasteiger partial charge in [-0.2, -0.15) is 0 Å². The van der Waals surface area contributed by atoms with Crippen molar-refractivity contribution >= 4 is 23.7 Å². The molecule has 0 heterocycles. The van der Waals surface area contributed by atoms with Gasteiger partial charge in [0.05, 0.1) is 7.11 Å². The fourth-order valence-electron chi connectivity index (χ4n) is 8.56. The van der Waals surface area contributed by atoms with Gasteiger partial charge in [0.15, 0.2) is 0 Å². The molecule has 200 valence electrons. The number of rotatable bonds is 6. The molecule has 0 aliphatic heterocycles. The van der Waals surface area contributed by atoms with Crippen molar-refractivity contribution in [1.29, 1.82) is 0 Å². The molecule has 0 radical (unpaired) electrons. The van der Waals surface area contributed by atoms with E-state index in [-0.39, 0.29) is 64.9 Å². The molecule has 0 bridgehead atoms. The molecule has 3 saturated carbocycles. The Morgan fingerprint density at radius 1 is 1.08 bits per heavy atom. The van der Waals surface area contributed by atoms with Gasteiger partial charge in [-0.1, -0.05) is 20.8 Å². The third-order valence-electron chi connectivity index (χ3n) is 10.4. The molecule has 0 aromatic heterocycles. The van der Waals surface area contributed by atoms with Crippen LogP contribution in [0.2, 0.25) is 0 Å². The number of Topliss-reactive ketones (excluding diaryl/α,β-unsaturated/α-hetero) is 1. The van der Waals surface area contributed by atoms with Crippen LogP contribution in [0.25, 0.3) is 0 Å². The molecule has 4 rings (SSSR count). The Morgan fingerprint density at radius 3 is 2.44 bits per heavy atom. The maximum atomic E-state index is 14.0. The number of carbonyl (C=O) groups is 4. The van der Waals surface area contributed by atoms with Crippen molar-refractivity contribution in [1.82, 2.24) is 0 Å². The summed E-state index contributed by atoms with van der Waals surface area (Å²) in [5, 5.41) is 0. The van der Waals surface area contributed by atoms with Crippen molar-refractivity contribution in [2.45, 2.75) is 92.1 Å². The van der Waals surface area contributed by atoms with E-state index in [1.54, 1.807) is 0 Å². The van der Waals surface area contributed by atoms with Crippen LogP contribution in [-0.4, -0.2) is 36.9 Å². The van der Waals surface area contributed by atoms with E-state index in [2.05, 4.69) is 26.8 Å². The number of carbonyl (C=O) groups excluding carboxylic acids is 4. The molecule has 0 spiro atoms. The first kappa shape index (κ1) is 26.9. The Kier molecular flexibility index (Phi) is 7.42. The summed E-state index contributed by atoms with van der Waals surface area (Å²) < 4.78 is 16.3. The zero-order valence-electron chi connectivity index (χ0n) is 22.6. The van der Waals surface area contributed by atoms with E-state index in [1.165, 1.54) is 21.0 Å². The molecular weight excluding hydrogens is 460 g/mol. The Morgan fingerprint density at radius 2 is 1.81 bits per heavy atom. The Hall–Kier alpha value is -2.18. The number of ketones is 1. The van der Waals surface area contributed by atoms with E-state index < -0.39 is 5.41 Å². The summed E-state index contributed by atoms with van der Waals surface area (Å²) in [5.41, 5.74) is -0.620. The summed E-state index contributed by atoms with van der Waals surface area (Å²) in [6, 6.07) is 0. The van der Waals surface area contributed by atoms with Gasteiger partial charge < -0.3 is 14.2 Å². The SMILES string of the molecule is COC(=O)CC[C@@H](C)[C@@H]1CC[C@@H]2[C@@H]3C(OC(C)=O)=C[C@@H]4C[C@H](OC(C)=O)CC[C@]4(C)[C@@H]3CC(=O)[C@@]21C. The number of hydrogen-bond donors (Lipinski definition) is 0. The summed E-state index contributed by atoms with van der Waals surface area (Å²) >= 11 is 0.